The SMILES string of the molecule is CN1CCCOc2cc(Br)c(F)c3nc(OC[C@@]45CCCN4C[C@H](F)C5)nc1c23. The molecule has 29 heavy (non-hydrogen) atoms. The fourth-order valence-electron chi connectivity index (χ4n) is 4.87. The highest BCUT2D eigenvalue weighted by Crippen LogP contribution is 2.42. The fourth-order valence-corrected chi connectivity index (χ4v) is 5.27. The van der Waals surface area contributed by atoms with Gasteiger partial charge in [0.2, 0.25) is 0 Å². The van der Waals surface area contributed by atoms with E-state index in [-0.39, 0.29) is 21.5 Å². The zero-order valence-corrected chi connectivity index (χ0v) is 17.8. The molecule has 0 N–H and O–H groups in total. The molecule has 156 valence electrons. The van der Waals surface area contributed by atoms with Crippen molar-refractivity contribution in [3.8, 4) is 11.8 Å². The third kappa shape index (κ3) is 3.22. The van der Waals surface area contributed by atoms with Crippen LogP contribution in [-0.4, -0.2) is 66.5 Å². The maximum absolute atomic E-state index is 14.9. The zero-order chi connectivity index (χ0) is 20.2. The number of halogens is 3. The molecule has 0 radical (unpaired) electrons. The molecular weight excluding hydrogens is 446 g/mol. The van der Waals surface area contributed by atoms with Gasteiger partial charge in [0.15, 0.2) is 5.82 Å². The maximum Gasteiger partial charge on any atom is 0.319 e. The van der Waals surface area contributed by atoms with Crippen LogP contribution in [0.2, 0.25) is 0 Å². The van der Waals surface area contributed by atoms with Gasteiger partial charge in [-0.05, 0) is 47.8 Å². The summed E-state index contributed by atoms with van der Waals surface area (Å²) in [6, 6.07) is 1.74. The summed E-state index contributed by atoms with van der Waals surface area (Å²) in [5.41, 5.74) is -0.141. The molecule has 4 heterocycles. The molecule has 6 nitrogen and oxygen atoms in total. The molecular formula is C20H23BrF2N4O2. The largest absolute Gasteiger partial charge is 0.493 e. The van der Waals surface area contributed by atoms with Gasteiger partial charge in [-0.1, -0.05) is 0 Å². The van der Waals surface area contributed by atoms with E-state index in [1.165, 1.54) is 0 Å². The quantitative estimate of drug-likeness (QED) is 0.684. The Balaban J connectivity index is 1.54. The number of hydrogen-bond donors (Lipinski definition) is 0. The molecule has 2 fully saturated rings. The maximum atomic E-state index is 14.9. The van der Waals surface area contributed by atoms with Gasteiger partial charge in [0, 0.05) is 26.6 Å². The summed E-state index contributed by atoms with van der Waals surface area (Å²) < 4.78 is 41.1. The van der Waals surface area contributed by atoms with Crippen LogP contribution in [0.1, 0.15) is 25.7 Å². The number of fused-ring (bicyclic) bond motifs is 1. The Morgan fingerprint density at radius 3 is 3.07 bits per heavy atom. The van der Waals surface area contributed by atoms with Crippen LogP contribution < -0.4 is 14.4 Å². The number of nitrogens with zero attached hydrogens (tertiary/aromatic N) is 4. The van der Waals surface area contributed by atoms with Crippen molar-refractivity contribution < 1.29 is 18.3 Å². The van der Waals surface area contributed by atoms with Gasteiger partial charge >= 0.3 is 6.01 Å². The van der Waals surface area contributed by atoms with E-state index in [0.717, 1.165) is 32.4 Å². The standard InChI is InChI=1S/C20H23BrF2N4O2/c1-26-5-3-7-28-14-8-13(21)16(23)17-15(14)18(26)25-19(24-17)29-11-20-4-2-6-27(20)10-12(22)9-20/h8,12H,2-7,9-11H2,1H3/t12-,20+/m1/s1. The van der Waals surface area contributed by atoms with Crippen molar-refractivity contribution in [2.24, 2.45) is 0 Å². The van der Waals surface area contributed by atoms with Crippen LogP contribution in [0.25, 0.3) is 10.9 Å². The smallest absolute Gasteiger partial charge is 0.319 e. The van der Waals surface area contributed by atoms with E-state index in [1.807, 2.05) is 11.9 Å². The third-order valence-corrected chi connectivity index (χ3v) is 6.86. The van der Waals surface area contributed by atoms with Gasteiger partial charge in [0.25, 0.3) is 0 Å². The highest BCUT2D eigenvalue weighted by Gasteiger charge is 2.49. The second-order valence-electron chi connectivity index (χ2n) is 8.21. The van der Waals surface area contributed by atoms with Gasteiger partial charge in [-0.15, -0.1) is 0 Å². The first-order chi connectivity index (χ1) is 14.0. The van der Waals surface area contributed by atoms with Crippen LogP contribution in [0.5, 0.6) is 11.8 Å². The van der Waals surface area contributed by atoms with Crippen molar-refractivity contribution in [1.82, 2.24) is 14.9 Å². The monoisotopic (exact) mass is 468 g/mol. The fraction of sp³-hybridized carbons (Fsp3) is 0.600. The molecule has 9 heteroatoms. The first-order valence-corrected chi connectivity index (χ1v) is 10.8. The van der Waals surface area contributed by atoms with E-state index in [1.54, 1.807) is 6.07 Å². The summed E-state index contributed by atoms with van der Waals surface area (Å²) in [5.74, 6) is 0.667. The van der Waals surface area contributed by atoms with E-state index in [4.69, 9.17) is 9.47 Å². The Labute approximate surface area is 176 Å². The Hall–Kier alpha value is -1.74. The topological polar surface area (TPSA) is 50.7 Å². The van der Waals surface area contributed by atoms with Gasteiger partial charge < -0.3 is 14.4 Å². The summed E-state index contributed by atoms with van der Waals surface area (Å²) in [7, 11) is 1.92. The van der Waals surface area contributed by atoms with Crippen LogP contribution in [0.15, 0.2) is 10.5 Å². The lowest BCUT2D eigenvalue weighted by Gasteiger charge is -2.31. The number of benzene rings is 1. The molecule has 2 atom stereocenters. The average molecular weight is 469 g/mol. The van der Waals surface area contributed by atoms with Crippen molar-refractivity contribution in [3.63, 3.8) is 0 Å². The van der Waals surface area contributed by atoms with E-state index in [9.17, 15) is 8.78 Å². The van der Waals surface area contributed by atoms with Crippen LogP contribution in [0, 0.1) is 5.82 Å². The van der Waals surface area contributed by atoms with Crippen LogP contribution in [-0.2, 0) is 0 Å². The van der Waals surface area contributed by atoms with Gasteiger partial charge in [-0.3, -0.25) is 4.90 Å². The molecule has 0 bridgehead atoms. The molecule has 0 aliphatic carbocycles. The lowest BCUT2D eigenvalue weighted by atomic mass is 9.95. The molecule has 0 saturated carbocycles. The number of alkyl halides is 1. The number of anilines is 1. The van der Waals surface area contributed by atoms with Crippen molar-refractivity contribution in [3.05, 3.63) is 16.4 Å². The highest BCUT2D eigenvalue weighted by molar-refractivity contribution is 9.10. The summed E-state index contributed by atoms with van der Waals surface area (Å²) >= 11 is 3.26. The predicted molar refractivity (Wildman–Crippen MR) is 109 cm³/mol. The minimum absolute atomic E-state index is 0.117. The summed E-state index contributed by atoms with van der Waals surface area (Å²) in [4.78, 5) is 13.1. The van der Waals surface area contributed by atoms with Gasteiger partial charge in [-0.2, -0.15) is 9.97 Å². The summed E-state index contributed by atoms with van der Waals surface area (Å²) in [6.45, 7) is 2.92. The molecule has 0 amide bonds. The van der Waals surface area contributed by atoms with Crippen molar-refractivity contribution in [1.29, 1.82) is 0 Å². The number of rotatable bonds is 3. The lowest BCUT2D eigenvalue weighted by molar-refractivity contribution is 0.107. The molecule has 2 saturated heterocycles. The van der Waals surface area contributed by atoms with E-state index < -0.39 is 12.0 Å². The van der Waals surface area contributed by atoms with Gasteiger partial charge in [0.1, 0.15) is 29.9 Å². The zero-order valence-electron chi connectivity index (χ0n) is 16.3. The Kier molecular flexibility index (Phi) is 4.77. The number of ether oxygens (including phenoxy) is 2. The second kappa shape index (κ2) is 7.19. The predicted octanol–water partition coefficient (Wildman–Crippen LogP) is 3.71. The van der Waals surface area contributed by atoms with E-state index in [2.05, 4.69) is 30.8 Å². The van der Waals surface area contributed by atoms with Crippen molar-refractivity contribution >= 4 is 32.7 Å². The normalized spacial score (nSPS) is 26.9. The highest BCUT2D eigenvalue weighted by atomic mass is 79.9. The molecule has 1 aromatic heterocycles. The Morgan fingerprint density at radius 2 is 2.21 bits per heavy atom. The molecule has 1 aromatic carbocycles. The van der Waals surface area contributed by atoms with Crippen LogP contribution >= 0.6 is 15.9 Å². The minimum atomic E-state index is -0.830. The minimum Gasteiger partial charge on any atom is -0.493 e. The third-order valence-electron chi connectivity index (χ3n) is 6.28. The second-order valence-corrected chi connectivity index (χ2v) is 9.07. The van der Waals surface area contributed by atoms with Crippen molar-refractivity contribution in [2.75, 3.05) is 44.8 Å². The number of hydrogen-bond acceptors (Lipinski definition) is 6. The van der Waals surface area contributed by atoms with Crippen molar-refractivity contribution in [2.45, 2.75) is 37.4 Å². The summed E-state index contributed by atoms with van der Waals surface area (Å²) in [6.07, 6.45) is 2.38. The molecule has 2 aromatic rings. The molecule has 5 rings (SSSR count). The molecule has 3 aliphatic rings. The van der Waals surface area contributed by atoms with Crippen LogP contribution in [0.4, 0.5) is 14.6 Å². The molecule has 0 spiro atoms. The molecule has 3 aliphatic heterocycles. The van der Waals surface area contributed by atoms with E-state index >= 15 is 0 Å². The van der Waals surface area contributed by atoms with E-state index in [0.29, 0.717) is 43.1 Å². The van der Waals surface area contributed by atoms with Crippen LogP contribution in [0.3, 0.4) is 0 Å². The van der Waals surface area contributed by atoms with Gasteiger partial charge in [0.05, 0.1) is 22.0 Å². The Morgan fingerprint density at radius 1 is 1.34 bits per heavy atom. The Bertz CT molecular complexity index is 962. The first-order valence-electron chi connectivity index (χ1n) is 10.0. The average Bonchev–Trinajstić information content (AvgIpc) is 3.21. The van der Waals surface area contributed by atoms with Gasteiger partial charge in [-0.25, -0.2) is 8.78 Å². The molecule has 0 unspecified atom stereocenters. The lowest BCUT2D eigenvalue weighted by Crippen LogP contribution is -2.43. The first kappa shape index (κ1) is 19.2. The number of aromatic nitrogens is 2. The summed E-state index contributed by atoms with van der Waals surface area (Å²) in [5, 5.41) is 0.547.